The van der Waals surface area contributed by atoms with E-state index in [0.29, 0.717) is 24.2 Å². The van der Waals surface area contributed by atoms with Crippen LogP contribution in [-0.2, 0) is 0 Å². The topological polar surface area (TPSA) is 24.1 Å². The van der Waals surface area contributed by atoms with E-state index in [-0.39, 0.29) is 0 Å². The normalized spacial score (nSPS) is 23.6. The van der Waals surface area contributed by atoms with Gasteiger partial charge in [-0.05, 0) is 37.8 Å². The van der Waals surface area contributed by atoms with Crippen LogP contribution in [0.2, 0.25) is 0 Å². The molecule has 2 nitrogen and oxygen atoms in total. The zero-order valence-electron chi connectivity index (χ0n) is 14.9. The summed E-state index contributed by atoms with van der Waals surface area (Å²) >= 11 is 0. The van der Waals surface area contributed by atoms with Crippen molar-refractivity contribution in [2.75, 3.05) is 0 Å². The van der Waals surface area contributed by atoms with Crippen LogP contribution in [0.4, 0.5) is 0 Å². The lowest BCUT2D eigenvalue weighted by Crippen LogP contribution is -2.51. The summed E-state index contributed by atoms with van der Waals surface area (Å²) in [6.07, 6.45) is 5.18. The monoisotopic (exact) mass is 322 g/mol. The molecule has 1 fully saturated rings. The van der Waals surface area contributed by atoms with Crippen molar-refractivity contribution in [2.24, 2.45) is 0 Å². The predicted molar refractivity (Wildman–Crippen MR) is 102 cm³/mol. The Morgan fingerprint density at radius 3 is 1.42 bits per heavy atom. The van der Waals surface area contributed by atoms with E-state index in [9.17, 15) is 0 Å². The fourth-order valence-electron chi connectivity index (χ4n) is 3.85. The van der Waals surface area contributed by atoms with Gasteiger partial charge in [0.05, 0.1) is 0 Å². The molecule has 4 atom stereocenters. The quantitative estimate of drug-likeness (QED) is 0.782. The smallest absolute Gasteiger partial charge is 0.0295 e. The molecule has 2 N–H and O–H groups in total. The van der Waals surface area contributed by atoms with E-state index in [1.54, 1.807) is 0 Å². The van der Waals surface area contributed by atoms with Crippen molar-refractivity contribution in [2.45, 2.75) is 63.7 Å². The summed E-state index contributed by atoms with van der Waals surface area (Å²) in [5, 5.41) is 7.76. The van der Waals surface area contributed by atoms with E-state index in [1.807, 2.05) is 0 Å². The largest absolute Gasteiger partial charge is 0.306 e. The molecule has 0 aromatic heterocycles. The molecule has 128 valence electrons. The second-order valence-corrected chi connectivity index (χ2v) is 7.10. The Bertz CT molecular complexity index is 540. The number of nitrogens with one attached hydrogen (secondary N) is 2. The molecule has 0 bridgehead atoms. The van der Waals surface area contributed by atoms with Crippen LogP contribution in [0.3, 0.4) is 0 Å². The molecular formula is C22H30N2. The zero-order valence-corrected chi connectivity index (χ0v) is 14.9. The number of benzene rings is 2. The molecule has 4 unspecified atom stereocenters. The van der Waals surface area contributed by atoms with Gasteiger partial charge >= 0.3 is 0 Å². The summed E-state index contributed by atoms with van der Waals surface area (Å²) in [5.74, 6) is 0. The van der Waals surface area contributed by atoms with Crippen LogP contribution in [0, 0.1) is 0 Å². The third-order valence-corrected chi connectivity index (χ3v) is 5.29. The first-order chi connectivity index (χ1) is 11.7. The van der Waals surface area contributed by atoms with E-state index < -0.39 is 0 Å². The van der Waals surface area contributed by atoms with Gasteiger partial charge in [0.15, 0.2) is 0 Å². The van der Waals surface area contributed by atoms with Gasteiger partial charge in [0.25, 0.3) is 0 Å². The molecule has 2 aromatic rings. The lowest BCUT2D eigenvalue weighted by atomic mass is 9.88. The lowest BCUT2D eigenvalue weighted by Gasteiger charge is -2.37. The highest BCUT2D eigenvalue weighted by Crippen LogP contribution is 2.24. The molecule has 24 heavy (non-hydrogen) atoms. The van der Waals surface area contributed by atoms with E-state index in [4.69, 9.17) is 0 Å². The van der Waals surface area contributed by atoms with E-state index >= 15 is 0 Å². The first-order valence-electron chi connectivity index (χ1n) is 9.36. The third kappa shape index (κ3) is 4.46. The average molecular weight is 322 g/mol. The van der Waals surface area contributed by atoms with Crippen LogP contribution in [0.1, 0.15) is 62.7 Å². The summed E-state index contributed by atoms with van der Waals surface area (Å²) in [6.45, 7) is 4.56. The minimum atomic E-state index is 0.394. The van der Waals surface area contributed by atoms with Crippen LogP contribution in [-0.4, -0.2) is 12.1 Å². The highest BCUT2D eigenvalue weighted by Gasteiger charge is 2.27. The lowest BCUT2D eigenvalue weighted by molar-refractivity contribution is 0.253. The number of rotatable bonds is 6. The molecule has 0 aliphatic heterocycles. The van der Waals surface area contributed by atoms with Crippen molar-refractivity contribution in [1.82, 2.24) is 10.6 Å². The molecule has 3 rings (SSSR count). The maximum Gasteiger partial charge on any atom is 0.0295 e. The Morgan fingerprint density at radius 2 is 1.04 bits per heavy atom. The molecule has 1 saturated carbocycles. The Labute approximate surface area is 146 Å². The maximum absolute atomic E-state index is 3.88. The minimum absolute atomic E-state index is 0.394. The zero-order chi connectivity index (χ0) is 16.8. The van der Waals surface area contributed by atoms with Crippen molar-refractivity contribution in [3.8, 4) is 0 Å². The molecule has 0 amide bonds. The Kier molecular flexibility index (Phi) is 6.06. The molecule has 0 heterocycles. The highest BCUT2D eigenvalue weighted by molar-refractivity contribution is 5.20. The van der Waals surface area contributed by atoms with Gasteiger partial charge in [-0.3, -0.25) is 0 Å². The van der Waals surface area contributed by atoms with Gasteiger partial charge in [-0.15, -0.1) is 0 Å². The summed E-state index contributed by atoms with van der Waals surface area (Å²) < 4.78 is 0. The van der Waals surface area contributed by atoms with Crippen molar-refractivity contribution in [3.63, 3.8) is 0 Å². The number of hydrogen-bond donors (Lipinski definition) is 2. The standard InChI is InChI=1S/C22H30N2/c1-17(19-11-5-3-6-12-19)23-21-15-9-10-16-22(21)24-18(2)20-13-7-4-8-14-20/h3-8,11-14,17-18,21-24H,9-10,15-16H2,1-2H3. The van der Waals surface area contributed by atoms with E-state index in [2.05, 4.69) is 85.1 Å². The molecule has 0 radical (unpaired) electrons. The minimum Gasteiger partial charge on any atom is -0.306 e. The van der Waals surface area contributed by atoms with Gasteiger partial charge in [0.1, 0.15) is 0 Å². The molecule has 0 spiro atoms. The molecule has 0 saturated heterocycles. The van der Waals surface area contributed by atoms with E-state index in [0.717, 1.165) is 0 Å². The summed E-state index contributed by atoms with van der Waals surface area (Å²) in [7, 11) is 0. The maximum atomic E-state index is 3.88. The van der Waals surface area contributed by atoms with Gasteiger partial charge in [0.2, 0.25) is 0 Å². The highest BCUT2D eigenvalue weighted by atomic mass is 15.1. The fraction of sp³-hybridized carbons (Fsp3) is 0.455. The van der Waals surface area contributed by atoms with Crippen molar-refractivity contribution in [3.05, 3.63) is 71.8 Å². The van der Waals surface area contributed by atoms with Gasteiger partial charge in [-0.2, -0.15) is 0 Å². The van der Waals surface area contributed by atoms with Crippen LogP contribution in [0.15, 0.2) is 60.7 Å². The van der Waals surface area contributed by atoms with Gasteiger partial charge in [-0.1, -0.05) is 73.5 Å². The van der Waals surface area contributed by atoms with Crippen molar-refractivity contribution >= 4 is 0 Å². The van der Waals surface area contributed by atoms with Gasteiger partial charge in [0, 0.05) is 24.2 Å². The van der Waals surface area contributed by atoms with Gasteiger partial charge < -0.3 is 10.6 Å². The number of hydrogen-bond acceptors (Lipinski definition) is 2. The molecular weight excluding hydrogens is 292 g/mol. The fourth-order valence-corrected chi connectivity index (χ4v) is 3.85. The summed E-state index contributed by atoms with van der Waals surface area (Å²) in [6, 6.07) is 23.4. The molecule has 2 aromatic carbocycles. The van der Waals surface area contributed by atoms with Crippen LogP contribution >= 0.6 is 0 Å². The van der Waals surface area contributed by atoms with Gasteiger partial charge in [-0.25, -0.2) is 0 Å². The summed E-state index contributed by atoms with van der Waals surface area (Å²) in [4.78, 5) is 0. The van der Waals surface area contributed by atoms with E-state index in [1.165, 1.54) is 36.8 Å². The van der Waals surface area contributed by atoms with Crippen LogP contribution < -0.4 is 10.6 Å². The van der Waals surface area contributed by atoms with Crippen LogP contribution in [0.5, 0.6) is 0 Å². The Balaban J connectivity index is 1.63. The summed E-state index contributed by atoms with van der Waals surface area (Å²) in [5.41, 5.74) is 2.75. The second-order valence-electron chi connectivity index (χ2n) is 7.10. The van der Waals surface area contributed by atoms with Crippen LogP contribution in [0.25, 0.3) is 0 Å². The Hall–Kier alpha value is -1.64. The molecule has 2 heteroatoms. The van der Waals surface area contributed by atoms with Crippen molar-refractivity contribution in [1.29, 1.82) is 0 Å². The third-order valence-electron chi connectivity index (χ3n) is 5.29. The van der Waals surface area contributed by atoms with Crippen molar-refractivity contribution < 1.29 is 0 Å². The SMILES string of the molecule is CC(NC1CCCCC1NC(C)c1ccccc1)c1ccccc1. The molecule has 1 aliphatic rings. The first-order valence-corrected chi connectivity index (χ1v) is 9.36. The second kappa shape index (κ2) is 8.46. The molecule has 1 aliphatic carbocycles. The Morgan fingerprint density at radius 1 is 0.667 bits per heavy atom. The first kappa shape index (κ1) is 17.2. The predicted octanol–water partition coefficient (Wildman–Crippen LogP) is 5.00. The average Bonchev–Trinajstić information content (AvgIpc) is 2.64.